The number of carbonyl (C=O) groups excluding carboxylic acids is 2. The summed E-state index contributed by atoms with van der Waals surface area (Å²) >= 11 is 0. The SMILES string of the molecule is COc1ccnc(C(=O)N/C2=C/OCC(OCC(C)C)C[C@H](C)OC2=O)c1O. The van der Waals surface area contributed by atoms with Crippen molar-refractivity contribution < 1.29 is 33.6 Å². The van der Waals surface area contributed by atoms with Crippen molar-refractivity contribution in [3.05, 3.63) is 29.9 Å². The molecule has 0 spiro atoms. The van der Waals surface area contributed by atoms with E-state index < -0.39 is 23.7 Å². The maximum absolute atomic E-state index is 12.4. The normalized spacial score (nSPS) is 22.0. The lowest BCUT2D eigenvalue weighted by Gasteiger charge is -2.21. The molecule has 1 unspecified atom stereocenters. The van der Waals surface area contributed by atoms with Crippen LogP contribution in [0.3, 0.4) is 0 Å². The molecule has 9 heteroatoms. The summed E-state index contributed by atoms with van der Waals surface area (Å²) in [7, 11) is 1.35. The zero-order valence-electron chi connectivity index (χ0n) is 16.4. The number of nitrogens with zero attached hydrogens (tertiary/aromatic N) is 1. The molecule has 2 heterocycles. The number of aromatic hydroxyl groups is 1. The second-order valence-electron chi connectivity index (χ2n) is 6.83. The number of methoxy groups -OCH3 is 1. The van der Waals surface area contributed by atoms with Gasteiger partial charge in [-0.2, -0.15) is 0 Å². The molecule has 9 nitrogen and oxygen atoms in total. The lowest BCUT2D eigenvalue weighted by atomic mass is 10.2. The molecule has 2 rings (SSSR count). The van der Waals surface area contributed by atoms with E-state index in [4.69, 9.17) is 18.9 Å². The molecule has 1 aromatic rings. The van der Waals surface area contributed by atoms with Gasteiger partial charge in [0.05, 0.1) is 13.2 Å². The van der Waals surface area contributed by atoms with Crippen LogP contribution in [0.5, 0.6) is 11.5 Å². The number of rotatable bonds is 6. The van der Waals surface area contributed by atoms with Gasteiger partial charge in [-0.25, -0.2) is 9.78 Å². The molecule has 1 amide bonds. The van der Waals surface area contributed by atoms with E-state index in [1.165, 1.54) is 19.4 Å². The largest absolute Gasteiger partial charge is 0.503 e. The van der Waals surface area contributed by atoms with Crippen LogP contribution in [0.25, 0.3) is 0 Å². The van der Waals surface area contributed by atoms with Crippen molar-refractivity contribution >= 4 is 11.9 Å². The standard InChI is InChI=1S/C19H26N2O7/c1-11(2)8-27-13-7-12(3)28-19(24)14(10-26-9-13)21-18(23)16-17(22)15(25-4)5-6-20-16/h5-6,10-13,22H,7-9H2,1-4H3,(H,21,23)/b14-10+/t12-,13?/m0/s1. The number of cyclic esters (lactones) is 1. The van der Waals surface area contributed by atoms with Gasteiger partial charge < -0.3 is 29.4 Å². The van der Waals surface area contributed by atoms with Crippen LogP contribution in [0.15, 0.2) is 24.2 Å². The van der Waals surface area contributed by atoms with E-state index >= 15 is 0 Å². The molecule has 154 valence electrons. The van der Waals surface area contributed by atoms with Gasteiger partial charge in [0.1, 0.15) is 19.0 Å². The lowest BCUT2D eigenvalue weighted by Crippen LogP contribution is -2.31. The fraction of sp³-hybridized carbons (Fsp3) is 0.526. The van der Waals surface area contributed by atoms with E-state index in [0.29, 0.717) is 18.9 Å². The Morgan fingerprint density at radius 2 is 2.21 bits per heavy atom. The van der Waals surface area contributed by atoms with Crippen molar-refractivity contribution in [2.24, 2.45) is 5.92 Å². The third-order valence-electron chi connectivity index (χ3n) is 3.84. The monoisotopic (exact) mass is 394 g/mol. The number of esters is 1. The lowest BCUT2D eigenvalue weighted by molar-refractivity contribution is -0.145. The van der Waals surface area contributed by atoms with Gasteiger partial charge in [0, 0.05) is 25.3 Å². The summed E-state index contributed by atoms with van der Waals surface area (Å²) in [5, 5.41) is 12.4. The van der Waals surface area contributed by atoms with E-state index in [1.807, 2.05) is 13.8 Å². The first-order valence-corrected chi connectivity index (χ1v) is 8.99. The van der Waals surface area contributed by atoms with E-state index in [0.717, 1.165) is 6.26 Å². The van der Waals surface area contributed by atoms with Crippen LogP contribution in [-0.4, -0.2) is 54.5 Å². The summed E-state index contributed by atoms with van der Waals surface area (Å²) in [4.78, 5) is 28.6. The zero-order valence-corrected chi connectivity index (χ0v) is 16.4. The highest BCUT2D eigenvalue weighted by Gasteiger charge is 2.26. The topological polar surface area (TPSA) is 116 Å². The van der Waals surface area contributed by atoms with Crippen LogP contribution in [-0.2, 0) is 19.0 Å². The smallest absolute Gasteiger partial charge is 0.358 e. The molecule has 0 aromatic carbocycles. The van der Waals surface area contributed by atoms with Crippen LogP contribution in [0.4, 0.5) is 0 Å². The number of hydrogen-bond donors (Lipinski definition) is 2. The number of aromatic nitrogens is 1. The molecule has 1 aliphatic heterocycles. The van der Waals surface area contributed by atoms with Gasteiger partial charge in [-0.15, -0.1) is 0 Å². The Kier molecular flexibility index (Phi) is 7.62. The summed E-state index contributed by atoms with van der Waals surface area (Å²) in [6.07, 6.45) is 2.20. The van der Waals surface area contributed by atoms with Gasteiger partial charge in [-0.3, -0.25) is 4.79 Å². The summed E-state index contributed by atoms with van der Waals surface area (Å²) in [5.74, 6) is -1.55. The molecule has 28 heavy (non-hydrogen) atoms. The molecular weight excluding hydrogens is 368 g/mol. The fourth-order valence-electron chi connectivity index (χ4n) is 2.49. The summed E-state index contributed by atoms with van der Waals surface area (Å²) < 4.78 is 21.5. The van der Waals surface area contributed by atoms with Crippen LogP contribution in [0, 0.1) is 5.92 Å². The molecule has 0 bridgehead atoms. The molecule has 0 fully saturated rings. The molecule has 0 saturated heterocycles. The highest BCUT2D eigenvalue weighted by molar-refractivity contribution is 6.01. The average Bonchev–Trinajstić information content (AvgIpc) is 2.70. The van der Waals surface area contributed by atoms with Gasteiger partial charge >= 0.3 is 5.97 Å². The fourth-order valence-corrected chi connectivity index (χ4v) is 2.49. The van der Waals surface area contributed by atoms with Crippen molar-refractivity contribution in [2.75, 3.05) is 20.3 Å². The van der Waals surface area contributed by atoms with Crippen molar-refractivity contribution in [1.29, 1.82) is 0 Å². The second kappa shape index (κ2) is 9.93. The van der Waals surface area contributed by atoms with E-state index in [2.05, 4.69) is 10.3 Å². The van der Waals surface area contributed by atoms with Crippen molar-refractivity contribution in [1.82, 2.24) is 10.3 Å². The van der Waals surface area contributed by atoms with Crippen LogP contribution < -0.4 is 10.1 Å². The molecule has 2 atom stereocenters. The Hall–Kier alpha value is -2.81. The number of amides is 1. The van der Waals surface area contributed by atoms with Crippen molar-refractivity contribution in [3.63, 3.8) is 0 Å². The van der Waals surface area contributed by atoms with Crippen LogP contribution in [0.1, 0.15) is 37.7 Å². The Balaban J connectivity index is 2.12. The minimum atomic E-state index is -0.803. The van der Waals surface area contributed by atoms with E-state index in [9.17, 15) is 14.7 Å². The maximum atomic E-state index is 12.4. The predicted molar refractivity (Wildman–Crippen MR) is 98.7 cm³/mol. The summed E-state index contributed by atoms with van der Waals surface area (Å²) in [5.41, 5.74) is -0.496. The van der Waals surface area contributed by atoms with Gasteiger partial charge in [0.15, 0.2) is 22.9 Å². The molecular formula is C19H26N2O7. The first-order chi connectivity index (χ1) is 13.3. The molecule has 1 aliphatic rings. The Labute approximate surface area is 163 Å². The van der Waals surface area contributed by atoms with E-state index in [-0.39, 0.29) is 29.9 Å². The zero-order chi connectivity index (χ0) is 20.7. The van der Waals surface area contributed by atoms with Gasteiger partial charge in [-0.05, 0) is 12.8 Å². The van der Waals surface area contributed by atoms with Crippen molar-refractivity contribution in [2.45, 2.75) is 39.4 Å². The average molecular weight is 394 g/mol. The molecule has 1 aromatic heterocycles. The first-order valence-electron chi connectivity index (χ1n) is 8.99. The second-order valence-corrected chi connectivity index (χ2v) is 6.83. The number of hydrogen-bond acceptors (Lipinski definition) is 8. The van der Waals surface area contributed by atoms with E-state index in [1.54, 1.807) is 6.92 Å². The van der Waals surface area contributed by atoms with Gasteiger partial charge in [-0.1, -0.05) is 13.8 Å². The highest BCUT2D eigenvalue weighted by atomic mass is 16.6. The Bertz CT molecular complexity index is 733. The number of ether oxygens (including phenoxy) is 4. The van der Waals surface area contributed by atoms with Gasteiger partial charge in [0.25, 0.3) is 5.91 Å². The minimum Gasteiger partial charge on any atom is -0.503 e. The number of pyridine rings is 1. The Morgan fingerprint density at radius 3 is 2.89 bits per heavy atom. The summed E-state index contributed by atoms with van der Waals surface area (Å²) in [6.45, 7) is 6.58. The third-order valence-corrected chi connectivity index (χ3v) is 3.84. The van der Waals surface area contributed by atoms with Crippen molar-refractivity contribution in [3.8, 4) is 11.5 Å². The molecule has 0 radical (unpaired) electrons. The predicted octanol–water partition coefficient (Wildman–Crippen LogP) is 1.76. The highest BCUT2D eigenvalue weighted by Crippen LogP contribution is 2.27. The first kappa shape index (κ1) is 21.5. The quantitative estimate of drug-likeness (QED) is 0.701. The Morgan fingerprint density at radius 1 is 1.46 bits per heavy atom. The number of nitrogens with one attached hydrogen (secondary N) is 1. The third kappa shape index (κ3) is 5.85. The minimum absolute atomic E-state index is 0.0844. The number of carbonyl (C=O) groups is 2. The van der Waals surface area contributed by atoms with Crippen LogP contribution in [0.2, 0.25) is 0 Å². The molecule has 0 aliphatic carbocycles. The maximum Gasteiger partial charge on any atom is 0.358 e. The van der Waals surface area contributed by atoms with Crippen LogP contribution >= 0.6 is 0 Å². The molecule has 0 saturated carbocycles. The van der Waals surface area contributed by atoms with Gasteiger partial charge in [0.2, 0.25) is 0 Å². The summed E-state index contributed by atoms with van der Waals surface area (Å²) in [6, 6.07) is 1.40. The molecule has 2 N–H and O–H groups in total.